The molecule has 0 fully saturated rings. The third-order valence-corrected chi connectivity index (χ3v) is 10.4. The second-order valence-electron chi connectivity index (χ2n) is 14.2. The SMILES string of the molecule is CCCCCCc1cc(-c2ccc(C)cc2)ccc1-c1ccc(-c2ccc(N(C)c3ccc(-c4ccccc4)cc3)cc2)cc1CCCCCC. The van der Waals surface area contributed by atoms with E-state index < -0.39 is 0 Å². The largest absolute Gasteiger partial charge is 0.345 e. The number of anilines is 2. The maximum absolute atomic E-state index is 2.48. The number of nitrogens with zero attached hydrogens (tertiary/aromatic N) is 1. The van der Waals surface area contributed by atoms with Crippen molar-refractivity contribution < 1.29 is 0 Å². The molecule has 51 heavy (non-hydrogen) atoms. The molecule has 0 unspecified atom stereocenters. The van der Waals surface area contributed by atoms with Gasteiger partial charge in [-0.15, -0.1) is 0 Å². The molecule has 0 bridgehead atoms. The Morgan fingerprint density at radius 2 is 0.784 bits per heavy atom. The summed E-state index contributed by atoms with van der Waals surface area (Å²) in [7, 11) is 2.15. The van der Waals surface area contributed by atoms with Gasteiger partial charge in [-0.1, -0.05) is 173 Å². The number of aryl methyl sites for hydroxylation is 3. The van der Waals surface area contributed by atoms with Crippen LogP contribution in [0.3, 0.4) is 0 Å². The van der Waals surface area contributed by atoms with Crippen LogP contribution in [0.25, 0.3) is 44.5 Å². The fourth-order valence-corrected chi connectivity index (χ4v) is 7.25. The van der Waals surface area contributed by atoms with Gasteiger partial charge in [0.05, 0.1) is 0 Å². The van der Waals surface area contributed by atoms with E-state index in [0.29, 0.717) is 0 Å². The van der Waals surface area contributed by atoms with Crippen LogP contribution in [0.15, 0.2) is 140 Å². The summed E-state index contributed by atoms with van der Waals surface area (Å²) in [6, 6.07) is 52.0. The Balaban J connectivity index is 1.28. The van der Waals surface area contributed by atoms with Crippen molar-refractivity contribution >= 4 is 11.4 Å². The van der Waals surface area contributed by atoms with Crippen LogP contribution in [-0.4, -0.2) is 7.05 Å². The van der Waals surface area contributed by atoms with Gasteiger partial charge in [0, 0.05) is 18.4 Å². The molecule has 260 valence electrons. The van der Waals surface area contributed by atoms with E-state index in [1.54, 1.807) is 0 Å². The van der Waals surface area contributed by atoms with Gasteiger partial charge in [0.1, 0.15) is 0 Å². The molecule has 0 saturated carbocycles. The Bertz CT molecular complexity index is 1950. The Labute approximate surface area is 308 Å². The fraction of sp³-hybridized carbons (Fsp3) is 0.280. The predicted molar refractivity (Wildman–Crippen MR) is 223 cm³/mol. The van der Waals surface area contributed by atoms with Crippen molar-refractivity contribution in [3.63, 3.8) is 0 Å². The summed E-state index contributed by atoms with van der Waals surface area (Å²) in [4.78, 5) is 2.27. The maximum Gasteiger partial charge on any atom is 0.0408 e. The van der Waals surface area contributed by atoms with Gasteiger partial charge in [0.2, 0.25) is 0 Å². The normalized spacial score (nSPS) is 11.1. The zero-order chi connectivity index (χ0) is 35.4. The lowest BCUT2D eigenvalue weighted by Gasteiger charge is -2.21. The van der Waals surface area contributed by atoms with E-state index in [1.165, 1.54) is 124 Å². The Morgan fingerprint density at radius 3 is 1.24 bits per heavy atom. The first-order chi connectivity index (χ1) is 25.0. The Morgan fingerprint density at radius 1 is 0.392 bits per heavy atom. The Kier molecular flexibility index (Phi) is 12.6. The van der Waals surface area contributed by atoms with E-state index in [-0.39, 0.29) is 0 Å². The van der Waals surface area contributed by atoms with Crippen LogP contribution in [0.5, 0.6) is 0 Å². The van der Waals surface area contributed by atoms with E-state index in [1.807, 2.05) is 0 Å². The van der Waals surface area contributed by atoms with Gasteiger partial charge in [-0.05, 0) is 113 Å². The third-order valence-electron chi connectivity index (χ3n) is 10.4. The van der Waals surface area contributed by atoms with E-state index >= 15 is 0 Å². The zero-order valence-electron chi connectivity index (χ0n) is 31.3. The average Bonchev–Trinajstić information content (AvgIpc) is 3.19. The summed E-state index contributed by atoms with van der Waals surface area (Å²) in [5.74, 6) is 0. The molecular weight excluding hydrogens is 615 g/mol. The molecule has 0 saturated heterocycles. The highest BCUT2D eigenvalue weighted by Gasteiger charge is 2.14. The molecule has 6 aromatic rings. The molecule has 0 N–H and O–H groups in total. The van der Waals surface area contributed by atoms with Crippen LogP contribution in [0.4, 0.5) is 11.4 Å². The monoisotopic (exact) mass is 669 g/mol. The molecule has 0 heterocycles. The van der Waals surface area contributed by atoms with Crippen LogP contribution >= 0.6 is 0 Å². The van der Waals surface area contributed by atoms with Gasteiger partial charge in [-0.2, -0.15) is 0 Å². The number of rotatable bonds is 16. The van der Waals surface area contributed by atoms with E-state index in [4.69, 9.17) is 0 Å². The minimum atomic E-state index is 1.11. The van der Waals surface area contributed by atoms with Crippen molar-refractivity contribution in [1.29, 1.82) is 0 Å². The van der Waals surface area contributed by atoms with Gasteiger partial charge in [0.15, 0.2) is 0 Å². The van der Waals surface area contributed by atoms with E-state index in [2.05, 4.69) is 172 Å². The molecule has 0 aliphatic heterocycles. The lowest BCUT2D eigenvalue weighted by molar-refractivity contribution is 0.665. The fourth-order valence-electron chi connectivity index (χ4n) is 7.25. The second-order valence-corrected chi connectivity index (χ2v) is 14.2. The topological polar surface area (TPSA) is 3.24 Å². The van der Waals surface area contributed by atoms with Crippen LogP contribution in [0.1, 0.15) is 81.9 Å². The van der Waals surface area contributed by atoms with Crippen molar-refractivity contribution in [2.45, 2.75) is 85.0 Å². The third kappa shape index (κ3) is 9.27. The van der Waals surface area contributed by atoms with Crippen molar-refractivity contribution in [2.24, 2.45) is 0 Å². The number of hydrogen-bond donors (Lipinski definition) is 0. The smallest absolute Gasteiger partial charge is 0.0408 e. The lowest BCUT2D eigenvalue weighted by atomic mass is 9.87. The summed E-state index contributed by atoms with van der Waals surface area (Å²) in [5, 5.41) is 0. The van der Waals surface area contributed by atoms with Crippen molar-refractivity contribution in [2.75, 3.05) is 11.9 Å². The molecule has 0 aromatic heterocycles. The summed E-state index contributed by atoms with van der Waals surface area (Å²) >= 11 is 0. The molecule has 0 radical (unpaired) electrons. The van der Waals surface area contributed by atoms with Crippen LogP contribution in [0.2, 0.25) is 0 Å². The molecule has 0 aliphatic carbocycles. The van der Waals surface area contributed by atoms with Crippen LogP contribution < -0.4 is 4.90 Å². The highest BCUT2D eigenvalue weighted by Crippen LogP contribution is 2.36. The summed E-state index contributed by atoms with van der Waals surface area (Å²) in [6.45, 7) is 6.76. The molecule has 0 atom stereocenters. The average molecular weight is 670 g/mol. The van der Waals surface area contributed by atoms with Crippen molar-refractivity contribution in [1.82, 2.24) is 0 Å². The minimum absolute atomic E-state index is 1.11. The highest BCUT2D eigenvalue weighted by atomic mass is 15.1. The summed E-state index contributed by atoms with van der Waals surface area (Å²) in [5.41, 5.74) is 17.1. The zero-order valence-corrected chi connectivity index (χ0v) is 31.3. The van der Waals surface area contributed by atoms with Gasteiger partial charge in [-0.3, -0.25) is 0 Å². The first-order valence-corrected chi connectivity index (χ1v) is 19.4. The lowest BCUT2D eigenvalue weighted by Crippen LogP contribution is -2.08. The standard InChI is InChI=1S/C50H55N/c1-5-7-9-12-18-45-36-43(41-22-20-38(3)21-23-41)28-34-49(45)50-35-29-44(37-46(50)19-13-10-8-6-2)42-26-32-48(33-27-42)51(4)47-30-24-40(25-31-47)39-16-14-11-15-17-39/h11,14-17,20-37H,5-10,12-13,18-19H2,1-4H3. The molecule has 1 nitrogen and oxygen atoms in total. The molecule has 0 aliphatic rings. The molecule has 6 aromatic carbocycles. The van der Waals surface area contributed by atoms with Gasteiger partial charge >= 0.3 is 0 Å². The molecule has 0 amide bonds. The van der Waals surface area contributed by atoms with Gasteiger partial charge in [-0.25, -0.2) is 0 Å². The van der Waals surface area contributed by atoms with Gasteiger partial charge in [0.25, 0.3) is 0 Å². The first-order valence-electron chi connectivity index (χ1n) is 19.4. The van der Waals surface area contributed by atoms with Crippen LogP contribution in [-0.2, 0) is 12.8 Å². The molecule has 0 spiro atoms. The summed E-state index contributed by atoms with van der Waals surface area (Å²) < 4.78 is 0. The number of benzene rings is 6. The molecule has 6 rings (SSSR count). The van der Waals surface area contributed by atoms with E-state index in [0.717, 1.165) is 12.8 Å². The first kappa shape index (κ1) is 35.9. The van der Waals surface area contributed by atoms with Gasteiger partial charge < -0.3 is 4.90 Å². The second kappa shape index (κ2) is 17.9. The summed E-state index contributed by atoms with van der Waals surface area (Å²) in [6.07, 6.45) is 12.4. The Hall–Kier alpha value is -4.88. The van der Waals surface area contributed by atoms with Crippen molar-refractivity contribution in [3.8, 4) is 44.5 Å². The number of unbranched alkanes of at least 4 members (excludes halogenated alkanes) is 6. The highest BCUT2D eigenvalue weighted by molar-refractivity contribution is 5.79. The van der Waals surface area contributed by atoms with Crippen molar-refractivity contribution in [3.05, 3.63) is 156 Å². The maximum atomic E-state index is 2.48. The van der Waals surface area contributed by atoms with E-state index in [9.17, 15) is 0 Å². The molecule has 1 heteroatoms. The minimum Gasteiger partial charge on any atom is -0.345 e. The number of hydrogen-bond acceptors (Lipinski definition) is 1. The quantitative estimate of drug-likeness (QED) is 0.0927. The predicted octanol–water partition coefficient (Wildman–Crippen LogP) is 14.7. The molecular formula is C50H55N. The van der Waals surface area contributed by atoms with Crippen LogP contribution in [0, 0.1) is 6.92 Å².